The molecule has 1 fully saturated rings. The van der Waals surface area contributed by atoms with E-state index in [9.17, 15) is 13.2 Å². The van der Waals surface area contributed by atoms with E-state index in [4.69, 9.17) is 0 Å². The number of nitrogens with one attached hydrogen (secondary N) is 1. The number of nitrogens with zero attached hydrogens (tertiary/aromatic N) is 2. The maximum absolute atomic E-state index is 11.8. The van der Waals surface area contributed by atoms with Crippen molar-refractivity contribution in [3.05, 3.63) is 35.4 Å². The summed E-state index contributed by atoms with van der Waals surface area (Å²) in [5.74, 6) is -0.306. The van der Waals surface area contributed by atoms with Gasteiger partial charge in [0, 0.05) is 26.2 Å². The Morgan fingerprint density at radius 2 is 1.88 bits per heavy atom. The minimum atomic E-state index is -3.34. The van der Waals surface area contributed by atoms with Crippen molar-refractivity contribution in [3.8, 4) is 0 Å². The van der Waals surface area contributed by atoms with Crippen LogP contribution in [0, 0.1) is 0 Å². The van der Waals surface area contributed by atoms with Crippen LogP contribution in [0.15, 0.2) is 24.3 Å². The Bertz CT molecular complexity index is 673. The number of amides is 1. The number of sulfonamides is 1. The molecule has 1 amide bonds. The van der Waals surface area contributed by atoms with E-state index < -0.39 is 10.0 Å². The molecule has 7 heteroatoms. The van der Waals surface area contributed by atoms with Gasteiger partial charge < -0.3 is 5.32 Å². The van der Waals surface area contributed by atoms with Gasteiger partial charge in [-0.05, 0) is 37.4 Å². The van der Waals surface area contributed by atoms with E-state index in [0.717, 1.165) is 29.2 Å². The molecule has 1 heterocycles. The summed E-state index contributed by atoms with van der Waals surface area (Å²) in [6.07, 6.45) is 4.95. The Balaban J connectivity index is 1.81. The third-order valence-corrected chi connectivity index (χ3v) is 6.03. The molecule has 1 aromatic carbocycles. The van der Waals surface area contributed by atoms with Crippen molar-refractivity contribution in [2.75, 3.05) is 26.4 Å². The van der Waals surface area contributed by atoms with E-state index >= 15 is 0 Å². The summed E-state index contributed by atoms with van der Waals surface area (Å²) in [6.45, 7) is 4.65. The van der Waals surface area contributed by atoms with Crippen molar-refractivity contribution in [2.45, 2.75) is 45.3 Å². The molecule has 2 rings (SSSR count). The predicted molar refractivity (Wildman–Crippen MR) is 99.5 cm³/mol. The van der Waals surface area contributed by atoms with Gasteiger partial charge in [0.05, 0.1) is 12.8 Å². The Hall–Kier alpha value is -1.44. The van der Waals surface area contributed by atoms with E-state index in [1.54, 1.807) is 0 Å². The fourth-order valence-electron chi connectivity index (χ4n) is 2.97. The van der Waals surface area contributed by atoms with Crippen LogP contribution in [0.5, 0.6) is 0 Å². The summed E-state index contributed by atoms with van der Waals surface area (Å²) in [5, 5.41) is 2.75. The number of carbonyl (C=O) groups is 1. The molecule has 25 heavy (non-hydrogen) atoms. The van der Waals surface area contributed by atoms with Crippen LogP contribution >= 0.6 is 0 Å². The zero-order valence-electron chi connectivity index (χ0n) is 15.4. The van der Waals surface area contributed by atoms with Crippen molar-refractivity contribution < 1.29 is 13.2 Å². The first kappa shape index (κ1) is 19.9. The molecule has 1 saturated heterocycles. The summed E-state index contributed by atoms with van der Waals surface area (Å²) in [5.41, 5.74) is 2.28. The highest BCUT2D eigenvalue weighted by atomic mass is 32.2. The first-order valence-electron chi connectivity index (χ1n) is 8.75. The SMILES string of the molecule is CC1CCCCN1Cc1ccc(CNC(=O)CN(C)S(C)(=O)=O)cc1. The third kappa shape index (κ3) is 6.41. The number of hydrogen-bond acceptors (Lipinski definition) is 4. The van der Waals surface area contributed by atoms with Gasteiger partial charge in [0.15, 0.2) is 0 Å². The molecule has 0 saturated carbocycles. The standard InChI is InChI=1S/C18H29N3O3S/c1-15-6-4-5-11-21(15)13-17-9-7-16(8-10-17)12-19-18(22)14-20(2)25(3,23)24/h7-10,15H,4-6,11-14H2,1-3H3,(H,19,22). The van der Waals surface area contributed by atoms with Crippen molar-refractivity contribution in [2.24, 2.45) is 0 Å². The van der Waals surface area contributed by atoms with Gasteiger partial charge in [0.2, 0.25) is 15.9 Å². The Morgan fingerprint density at radius 1 is 1.24 bits per heavy atom. The van der Waals surface area contributed by atoms with Crippen molar-refractivity contribution >= 4 is 15.9 Å². The Labute approximate surface area is 151 Å². The van der Waals surface area contributed by atoms with Gasteiger partial charge in [-0.1, -0.05) is 30.7 Å². The summed E-state index contributed by atoms with van der Waals surface area (Å²) in [4.78, 5) is 14.3. The number of likely N-dealkylation sites (N-methyl/N-ethyl adjacent to an activating group) is 1. The fraction of sp³-hybridized carbons (Fsp3) is 0.611. The van der Waals surface area contributed by atoms with Crippen LogP contribution in [-0.4, -0.2) is 56.0 Å². The van der Waals surface area contributed by atoms with Crippen LogP contribution in [0.3, 0.4) is 0 Å². The third-order valence-electron chi connectivity index (χ3n) is 4.77. The lowest BCUT2D eigenvalue weighted by molar-refractivity contribution is -0.121. The Morgan fingerprint density at radius 3 is 2.48 bits per heavy atom. The normalized spacial score (nSPS) is 19.1. The Kier molecular flexibility index (Phi) is 6.98. The number of hydrogen-bond donors (Lipinski definition) is 1. The zero-order chi connectivity index (χ0) is 18.4. The lowest BCUT2D eigenvalue weighted by Crippen LogP contribution is -2.37. The maximum Gasteiger partial charge on any atom is 0.235 e. The second-order valence-corrected chi connectivity index (χ2v) is 9.02. The van der Waals surface area contributed by atoms with Crippen LogP contribution in [-0.2, 0) is 27.9 Å². The average Bonchev–Trinajstić information content (AvgIpc) is 2.55. The van der Waals surface area contributed by atoms with E-state index in [1.165, 1.54) is 31.9 Å². The van der Waals surface area contributed by atoms with Crippen molar-refractivity contribution in [3.63, 3.8) is 0 Å². The first-order valence-corrected chi connectivity index (χ1v) is 10.6. The highest BCUT2D eigenvalue weighted by Gasteiger charge is 2.18. The quantitative estimate of drug-likeness (QED) is 0.794. The van der Waals surface area contributed by atoms with Crippen molar-refractivity contribution in [1.29, 1.82) is 0 Å². The summed E-state index contributed by atoms with van der Waals surface area (Å²) in [6, 6.07) is 8.88. The smallest absolute Gasteiger partial charge is 0.235 e. The van der Waals surface area contributed by atoms with E-state index in [2.05, 4.69) is 29.3 Å². The molecule has 140 valence electrons. The number of piperidine rings is 1. The fourth-order valence-corrected chi connectivity index (χ4v) is 3.32. The van der Waals surface area contributed by atoms with Crippen molar-refractivity contribution in [1.82, 2.24) is 14.5 Å². The molecule has 1 N–H and O–H groups in total. The predicted octanol–water partition coefficient (Wildman–Crippen LogP) is 1.57. The number of benzene rings is 1. The topological polar surface area (TPSA) is 69.7 Å². The molecule has 1 atom stereocenters. The van der Waals surface area contributed by atoms with Crippen LogP contribution in [0.25, 0.3) is 0 Å². The van der Waals surface area contributed by atoms with E-state index in [1.807, 2.05) is 12.1 Å². The molecule has 0 radical (unpaired) electrons. The molecule has 1 aliphatic rings. The number of carbonyl (C=O) groups excluding carboxylic acids is 1. The van der Waals surface area contributed by atoms with Gasteiger partial charge in [-0.15, -0.1) is 0 Å². The van der Waals surface area contributed by atoms with Crippen LogP contribution in [0.1, 0.15) is 37.3 Å². The van der Waals surface area contributed by atoms with Gasteiger partial charge in [-0.2, -0.15) is 4.31 Å². The largest absolute Gasteiger partial charge is 0.351 e. The van der Waals surface area contributed by atoms with Gasteiger partial charge in [-0.3, -0.25) is 9.69 Å². The zero-order valence-corrected chi connectivity index (χ0v) is 16.2. The summed E-state index contributed by atoms with van der Waals surface area (Å²) < 4.78 is 23.6. The molecule has 1 aromatic rings. The number of rotatable bonds is 7. The molecule has 1 aliphatic heterocycles. The van der Waals surface area contributed by atoms with Gasteiger partial charge in [0.25, 0.3) is 0 Å². The lowest BCUT2D eigenvalue weighted by atomic mass is 10.0. The summed E-state index contributed by atoms with van der Waals surface area (Å²) in [7, 11) is -1.94. The molecular weight excluding hydrogens is 338 g/mol. The van der Waals surface area contributed by atoms with Gasteiger partial charge >= 0.3 is 0 Å². The minimum Gasteiger partial charge on any atom is -0.351 e. The van der Waals surface area contributed by atoms with Crippen LogP contribution < -0.4 is 5.32 Å². The van der Waals surface area contributed by atoms with Gasteiger partial charge in [-0.25, -0.2) is 8.42 Å². The molecule has 1 unspecified atom stereocenters. The van der Waals surface area contributed by atoms with E-state index in [-0.39, 0.29) is 12.5 Å². The molecular formula is C18H29N3O3S. The average molecular weight is 368 g/mol. The molecule has 0 spiro atoms. The highest BCUT2D eigenvalue weighted by Crippen LogP contribution is 2.19. The van der Waals surface area contributed by atoms with E-state index in [0.29, 0.717) is 12.6 Å². The van der Waals surface area contributed by atoms with Crippen LogP contribution in [0.4, 0.5) is 0 Å². The summed E-state index contributed by atoms with van der Waals surface area (Å²) >= 11 is 0. The molecule has 0 bridgehead atoms. The molecule has 0 aromatic heterocycles. The highest BCUT2D eigenvalue weighted by molar-refractivity contribution is 7.88. The second kappa shape index (κ2) is 8.78. The maximum atomic E-state index is 11.8. The minimum absolute atomic E-state index is 0.163. The number of likely N-dealkylation sites (tertiary alicyclic amines) is 1. The van der Waals surface area contributed by atoms with Gasteiger partial charge in [0.1, 0.15) is 0 Å². The lowest BCUT2D eigenvalue weighted by Gasteiger charge is -2.33. The second-order valence-electron chi connectivity index (χ2n) is 6.93. The monoisotopic (exact) mass is 367 g/mol. The molecule has 0 aliphatic carbocycles. The first-order chi connectivity index (χ1) is 11.8. The molecule has 6 nitrogen and oxygen atoms in total. The van der Waals surface area contributed by atoms with Crippen LogP contribution in [0.2, 0.25) is 0 Å².